The van der Waals surface area contributed by atoms with Gasteiger partial charge in [-0.1, -0.05) is 41.7 Å². The molecule has 0 saturated carbocycles. The number of aryl methyl sites for hydroxylation is 1. The third-order valence-electron chi connectivity index (χ3n) is 4.27. The summed E-state index contributed by atoms with van der Waals surface area (Å²) in [7, 11) is 4.32. The molecule has 0 N–H and O–H groups in total. The zero-order valence-electron chi connectivity index (χ0n) is 13.3. The summed E-state index contributed by atoms with van der Waals surface area (Å²) in [5.74, 6) is 1.19. The highest BCUT2D eigenvalue weighted by molar-refractivity contribution is 8.03. The molecule has 0 amide bonds. The Kier molecular flexibility index (Phi) is 3.87. The highest BCUT2D eigenvalue weighted by atomic mass is 32.2. The Balaban J connectivity index is 1.76. The molecule has 3 aromatic rings. The maximum Gasteiger partial charge on any atom is 0.262 e. The highest BCUT2D eigenvalue weighted by Crippen LogP contribution is 2.29. The molecule has 1 fully saturated rings. The molecule has 0 aliphatic carbocycles. The first-order chi connectivity index (χ1) is 11.2. The first-order valence-electron chi connectivity index (χ1n) is 7.76. The molecule has 2 nitrogen and oxygen atoms in total. The molecule has 1 aliphatic rings. The molecule has 1 aromatic heterocycles. The van der Waals surface area contributed by atoms with Crippen molar-refractivity contribution in [2.24, 2.45) is 7.05 Å². The molecular weight excluding hydrogens is 320 g/mol. The minimum atomic E-state index is 1.15. The Bertz CT molecular complexity index is 937. The average molecular weight is 340 g/mol. The molecule has 0 radical (unpaired) electrons. The van der Waals surface area contributed by atoms with Crippen LogP contribution in [0.4, 0.5) is 0 Å². The van der Waals surface area contributed by atoms with Crippen LogP contribution in [0.2, 0.25) is 0 Å². The van der Waals surface area contributed by atoms with Gasteiger partial charge in [0.15, 0.2) is 0 Å². The summed E-state index contributed by atoms with van der Waals surface area (Å²) >= 11 is 3.78. The molecule has 0 unspecified atom stereocenters. The van der Waals surface area contributed by atoms with Gasteiger partial charge in [0.25, 0.3) is 5.01 Å². The van der Waals surface area contributed by atoms with Crippen LogP contribution in [0.5, 0.6) is 0 Å². The van der Waals surface area contributed by atoms with Crippen LogP contribution in [0, 0.1) is 0 Å². The maximum atomic E-state index is 2.31. The van der Waals surface area contributed by atoms with Crippen molar-refractivity contribution in [3.8, 4) is 0 Å². The quantitative estimate of drug-likeness (QED) is 0.638. The van der Waals surface area contributed by atoms with E-state index in [-0.39, 0.29) is 0 Å². The Morgan fingerprint density at radius 1 is 1.17 bits per heavy atom. The molecule has 0 bridgehead atoms. The van der Waals surface area contributed by atoms with Gasteiger partial charge in [-0.15, -0.1) is 11.8 Å². The summed E-state index contributed by atoms with van der Waals surface area (Å²) in [4.78, 5) is 2.31. The van der Waals surface area contributed by atoms with Gasteiger partial charge >= 0.3 is 0 Å². The number of rotatable bonds is 2. The zero-order chi connectivity index (χ0) is 15.8. The van der Waals surface area contributed by atoms with Crippen molar-refractivity contribution in [2.45, 2.75) is 0 Å². The molecule has 2 aromatic carbocycles. The summed E-state index contributed by atoms with van der Waals surface area (Å²) in [5.41, 5.74) is 1.33. The summed E-state index contributed by atoms with van der Waals surface area (Å²) in [6, 6.07) is 13.1. The monoisotopic (exact) mass is 339 g/mol. The van der Waals surface area contributed by atoms with Gasteiger partial charge in [-0.3, -0.25) is 0 Å². The van der Waals surface area contributed by atoms with Crippen LogP contribution in [0.1, 0.15) is 5.01 Å². The van der Waals surface area contributed by atoms with Gasteiger partial charge in [0, 0.05) is 25.4 Å². The molecule has 116 valence electrons. The van der Waals surface area contributed by atoms with Crippen molar-refractivity contribution in [3.63, 3.8) is 0 Å². The zero-order valence-corrected chi connectivity index (χ0v) is 15.0. The molecule has 1 aliphatic heterocycles. The minimum absolute atomic E-state index is 1.15. The largest absolute Gasteiger partial charge is 0.369 e. The van der Waals surface area contributed by atoms with Crippen LogP contribution in [-0.2, 0) is 7.05 Å². The van der Waals surface area contributed by atoms with E-state index in [1.165, 1.54) is 36.8 Å². The van der Waals surface area contributed by atoms with Gasteiger partial charge in [-0.05, 0) is 23.6 Å². The molecule has 2 heterocycles. The Morgan fingerprint density at radius 3 is 2.87 bits per heavy atom. The Morgan fingerprint density at radius 2 is 2.04 bits per heavy atom. The first-order valence-corrected chi connectivity index (χ1v) is 9.57. The SMILES string of the molecule is CN1CCS/C1=C\C=C\c1sc2ccc3ccccc3c2[n+]1C. The predicted molar refractivity (Wildman–Crippen MR) is 103 cm³/mol. The van der Waals surface area contributed by atoms with Crippen LogP contribution in [-0.4, -0.2) is 24.2 Å². The molecule has 0 atom stereocenters. The Hall–Kier alpha value is -1.78. The molecule has 23 heavy (non-hydrogen) atoms. The topological polar surface area (TPSA) is 7.12 Å². The van der Waals surface area contributed by atoms with Crippen LogP contribution >= 0.6 is 23.1 Å². The fraction of sp³-hybridized carbons (Fsp3) is 0.211. The third-order valence-corrected chi connectivity index (χ3v) is 6.57. The number of fused-ring (bicyclic) bond motifs is 3. The van der Waals surface area contributed by atoms with E-state index in [9.17, 15) is 0 Å². The smallest absolute Gasteiger partial charge is 0.262 e. The van der Waals surface area contributed by atoms with E-state index in [4.69, 9.17) is 0 Å². The van der Waals surface area contributed by atoms with Gasteiger partial charge in [-0.25, -0.2) is 0 Å². The highest BCUT2D eigenvalue weighted by Gasteiger charge is 2.17. The van der Waals surface area contributed by atoms with Crippen LogP contribution in [0.3, 0.4) is 0 Å². The van der Waals surface area contributed by atoms with Crippen molar-refractivity contribution in [3.05, 3.63) is 58.6 Å². The minimum Gasteiger partial charge on any atom is -0.369 e. The van der Waals surface area contributed by atoms with Gasteiger partial charge in [0.2, 0.25) is 5.52 Å². The molecule has 1 saturated heterocycles. The Labute approximate surface area is 144 Å². The van der Waals surface area contributed by atoms with E-state index in [0.29, 0.717) is 0 Å². The lowest BCUT2D eigenvalue weighted by molar-refractivity contribution is -0.641. The van der Waals surface area contributed by atoms with Crippen LogP contribution < -0.4 is 4.57 Å². The van der Waals surface area contributed by atoms with E-state index in [1.54, 1.807) is 0 Å². The average Bonchev–Trinajstić information content (AvgIpc) is 3.12. The van der Waals surface area contributed by atoms with Gasteiger partial charge in [0.1, 0.15) is 11.7 Å². The number of hydrogen-bond donors (Lipinski definition) is 0. The van der Waals surface area contributed by atoms with Crippen LogP contribution in [0.15, 0.2) is 53.6 Å². The van der Waals surface area contributed by atoms with E-state index >= 15 is 0 Å². The lowest BCUT2D eigenvalue weighted by atomic mass is 10.1. The maximum absolute atomic E-state index is 2.31. The van der Waals surface area contributed by atoms with Gasteiger partial charge in [-0.2, -0.15) is 4.57 Å². The van der Waals surface area contributed by atoms with Gasteiger partial charge in [0.05, 0.1) is 10.4 Å². The summed E-state index contributed by atoms with van der Waals surface area (Å²) in [6.45, 7) is 1.15. The second-order valence-corrected chi connectivity index (χ2v) is 7.94. The van der Waals surface area contributed by atoms with Crippen molar-refractivity contribution in [2.75, 3.05) is 19.3 Å². The first kappa shape index (κ1) is 14.8. The molecule has 4 rings (SSSR count). The predicted octanol–water partition coefficient (Wildman–Crippen LogP) is 4.41. The lowest BCUT2D eigenvalue weighted by Crippen LogP contribution is -2.29. The number of thioether (sulfide) groups is 1. The van der Waals surface area contributed by atoms with E-state index < -0.39 is 0 Å². The number of benzene rings is 2. The summed E-state index contributed by atoms with van der Waals surface area (Å²) in [6.07, 6.45) is 6.62. The standard InChI is InChI=1S/C19H19N2S2/c1-20-12-13-22-17(20)8-5-9-18-21(2)19-15-7-4-3-6-14(15)10-11-16(19)23-18/h3-11H,12-13H2,1-2H3/q+1. The van der Waals surface area contributed by atoms with Gasteiger partial charge < -0.3 is 4.90 Å². The summed E-state index contributed by atoms with van der Waals surface area (Å²) < 4.78 is 3.65. The number of thiazole rings is 1. The number of aromatic nitrogens is 1. The normalized spacial score (nSPS) is 17.3. The number of allylic oxidation sites excluding steroid dienone is 2. The lowest BCUT2D eigenvalue weighted by Gasteiger charge is -2.09. The van der Waals surface area contributed by atoms with E-state index in [0.717, 1.165) is 6.54 Å². The van der Waals surface area contributed by atoms with Crippen molar-refractivity contribution in [1.82, 2.24) is 4.90 Å². The van der Waals surface area contributed by atoms with Crippen molar-refractivity contribution < 1.29 is 4.57 Å². The molecule has 4 heteroatoms. The summed E-state index contributed by atoms with van der Waals surface area (Å²) in [5, 5.41) is 5.26. The fourth-order valence-electron chi connectivity index (χ4n) is 3.00. The van der Waals surface area contributed by atoms with Crippen molar-refractivity contribution in [1.29, 1.82) is 0 Å². The molecular formula is C19H19N2S2+. The van der Waals surface area contributed by atoms with E-state index in [2.05, 4.69) is 78.2 Å². The second kappa shape index (κ2) is 6.02. The van der Waals surface area contributed by atoms with Crippen LogP contribution in [0.25, 0.3) is 27.1 Å². The van der Waals surface area contributed by atoms with E-state index in [1.807, 2.05) is 23.1 Å². The second-order valence-electron chi connectivity index (χ2n) is 5.77. The third kappa shape index (κ3) is 2.66. The molecule has 0 spiro atoms. The fourth-order valence-corrected chi connectivity index (χ4v) is 5.14. The van der Waals surface area contributed by atoms with Crippen molar-refractivity contribution >= 4 is 50.2 Å². The number of nitrogens with zero attached hydrogens (tertiary/aromatic N) is 2. The number of hydrogen-bond acceptors (Lipinski definition) is 3.